The second-order valence-electron chi connectivity index (χ2n) is 4.35. The number of methoxy groups -OCH3 is 1. The number of ether oxygens (including phenoxy) is 2. The molecule has 0 amide bonds. The van der Waals surface area contributed by atoms with E-state index in [1.807, 2.05) is 24.3 Å². The number of para-hydroxylation sites is 2. The van der Waals surface area contributed by atoms with Crippen molar-refractivity contribution >= 4 is 0 Å². The molecule has 0 spiro atoms. The van der Waals surface area contributed by atoms with Crippen molar-refractivity contribution in [1.82, 2.24) is 0 Å². The minimum atomic E-state index is -0.911. The molecule has 0 saturated carbocycles. The molecule has 0 unspecified atom stereocenters. The van der Waals surface area contributed by atoms with Gasteiger partial charge in [-0.15, -0.1) is 0 Å². The van der Waals surface area contributed by atoms with E-state index in [1.54, 1.807) is 37.4 Å². The van der Waals surface area contributed by atoms with Gasteiger partial charge in [0.1, 0.15) is 6.10 Å². The minimum absolute atomic E-state index is 0.298. The van der Waals surface area contributed by atoms with Crippen LogP contribution in [0.5, 0.6) is 11.5 Å². The van der Waals surface area contributed by atoms with Gasteiger partial charge in [0.15, 0.2) is 17.6 Å². The first-order valence-corrected chi connectivity index (χ1v) is 6.39. The topological polar surface area (TPSA) is 58.9 Å². The van der Waals surface area contributed by atoms with E-state index in [0.717, 1.165) is 0 Å². The van der Waals surface area contributed by atoms with Crippen molar-refractivity contribution in [3.63, 3.8) is 0 Å². The van der Waals surface area contributed by atoms with Crippen LogP contribution in [0.3, 0.4) is 0 Å². The summed E-state index contributed by atoms with van der Waals surface area (Å²) in [7, 11) is 1.55. The zero-order valence-corrected chi connectivity index (χ0v) is 11.3. The van der Waals surface area contributed by atoms with E-state index in [9.17, 15) is 10.2 Å². The number of hydrogen-bond donors (Lipinski definition) is 2. The zero-order valence-electron chi connectivity index (χ0n) is 11.3. The van der Waals surface area contributed by atoms with Gasteiger partial charge in [0.25, 0.3) is 0 Å². The molecule has 4 nitrogen and oxygen atoms in total. The molecule has 4 heteroatoms. The molecule has 0 heterocycles. The standard InChI is InChI=1S/C16H18O4/c1-19-13-9-5-6-10-14(13)20-15(11-17)16(18)12-7-3-2-4-8-12/h2-10,15-18H,11H2,1H3/t15-,16+/m0/s1. The van der Waals surface area contributed by atoms with E-state index in [-0.39, 0.29) is 6.61 Å². The van der Waals surface area contributed by atoms with Crippen LogP contribution in [-0.2, 0) is 0 Å². The first-order valence-electron chi connectivity index (χ1n) is 6.39. The molecule has 0 bridgehead atoms. The highest BCUT2D eigenvalue weighted by Gasteiger charge is 2.23. The van der Waals surface area contributed by atoms with Crippen LogP contribution in [-0.4, -0.2) is 30.0 Å². The van der Waals surface area contributed by atoms with Crippen molar-refractivity contribution in [2.75, 3.05) is 13.7 Å². The summed E-state index contributed by atoms with van der Waals surface area (Å²) in [6.07, 6.45) is -1.67. The summed E-state index contributed by atoms with van der Waals surface area (Å²) in [5.41, 5.74) is 0.696. The lowest BCUT2D eigenvalue weighted by Gasteiger charge is -2.23. The fourth-order valence-corrected chi connectivity index (χ4v) is 1.95. The minimum Gasteiger partial charge on any atom is -0.493 e. The molecule has 0 aliphatic rings. The first kappa shape index (κ1) is 14.4. The second-order valence-corrected chi connectivity index (χ2v) is 4.35. The number of aliphatic hydroxyl groups excluding tert-OH is 2. The number of hydrogen-bond acceptors (Lipinski definition) is 4. The monoisotopic (exact) mass is 274 g/mol. The van der Waals surface area contributed by atoms with E-state index in [4.69, 9.17) is 9.47 Å². The molecule has 2 atom stereocenters. The summed E-state index contributed by atoms with van der Waals surface area (Å²) < 4.78 is 10.9. The summed E-state index contributed by atoms with van der Waals surface area (Å²) in [5.74, 6) is 1.05. The van der Waals surface area contributed by atoms with Crippen molar-refractivity contribution in [3.8, 4) is 11.5 Å². The van der Waals surface area contributed by atoms with E-state index in [0.29, 0.717) is 17.1 Å². The van der Waals surface area contributed by atoms with Gasteiger partial charge in [0.05, 0.1) is 13.7 Å². The molecule has 2 N–H and O–H groups in total. The molecular formula is C16H18O4. The molecule has 20 heavy (non-hydrogen) atoms. The number of rotatable bonds is 6. The Morgan fingerprint density at radius 3 is 2.15 bits per heavy atom. The van der Waals surface area contributed by atoms with E-state index >= 15 is 0 Å². The van der Waals surface area contributed by atoms with Crippen molar-refractivity contribution in [3.05, 3.63) is 60.2 Å². The lowest BCUT2D eigenvalue weighted by molar-refractivity contribution is -0.000405. The lowest BCUT2D eigenvalue weighted by Crippen LogP contribution is -2.29. The summed E-state index contributed by atoms with van der Waals surface area (Å²) in [4.78, 5) is 0. The Morgan fingerprint density at radius 2 is 1.55 bits per heavy atom. The maximum absolute atomic E-state index is 10.3. The van der Waals surface area contributed by atoms with Crippen LogP contribution in [0.15, 0.2) is 54.6 Å². The normalized spacial score (nSPS) is 13.6. The van der Waals surface area contributed by atoms with Crippen LogP contribution < -0.4 is 9.47 Å². The van der Waals surface area contributed by atoms with Crippen LogP contribution in [0.25, 0.3) is 0 Å². The van der Waals surface area contributed by atoms with Gasteiger partial charge in [-0.25, -0.2) is 0 Å². The van der Waals surface area contributed by atoms with Crippen LogP contribution in [0.1, 0.15) is 11.7 Å². The number of aliphatic hydroxyl groups is 2. The van der Waals surface area contributed by atoms with Crippen molar-refractivity contribution in [1.29, 1.82) is 0 Å². The van der Waals surface area contributed by atoms with Gasteiger partial charge in [-0.2, -0.15) is 0 Å². The molecular weight excluding hydrogens is 256 g/mol. The molecule has 0 aliphatic heterocycles. The second kappa shape index (κ2) is 6.93. The summed E-state index contributed by atoms with van der Waals surface area (Å²) in [5, 5.41) is 19.7. The van der Waals surface area contributed by atoms with Crippen LogP contribution in [0.4, 0.5) is 0 Å². The third-order valence-corrected chi connectivity index (χ3v) is 3.02. The van der Waals surface area contributed by atoms with Gasteiger partial charge in [0.2, 0.25) is 0 Å². The molecule has 0 aliphatic carbocycles. The van der Waals surface area contributed by atoms with E-state index in [2.05, 4.69) is 0 Å². The molecule has 0 fully saturated rings. The smallest absolute Gasteiger partial charge is 0.161 e. The molecule has 2 rings (SSSR count). The molecule has 2 aromatic rings. The van der Waals surface area contributed by atoms with Crippen LogP contribution in [0.2, 0.25) is 0 Å². The summed E-state index contributed by atoms with van der Waals surface area (Å²) in [6, 6.07) is 16.2. The third kappa shape index (κ3) is 3.29. The van der Waals surface area contributed by atoms with Gasteiger partial charge in [-0.1, -0.05) is 42.5 Å². The molecule has 0 radical (unpaired) electrons. The summed E-state index contributed by atoms with van der Waals surface area (Å²) >= 11 is 0. The van der Waals surface area contributed by atoms with Gasteiger partial charge in [-0.3, -0.25) is 0 Å². The fraction of sp³-hybridized carbons (Fsp3) is 0.250. The maximum atomic E-state index is 10.3. The number of benzene rings is 2. The molecule has 0 saturated heterocycles. The van der Waals surface area contributed by atoms with Gasteiger partial charge in [-0.05, 0) is 17.7 Å². The first-order chi connectivity index (χ1) is 9.76. The predicted molar refractivity (Wildman–Crippen MR) is 75.9 cm³/mol. The molecule has 106 valence electrons. The SMILES string of the molecule is COc1ccccc1O[C@@H](CO)[C@H](O)c1ccccc1. The average Bonchev–Trinajstić information content (AvgIpc) is 2.53. The van der Waals surface area contributed by atoms with Crippen molar-refractivity contribution in [2.24, 2.45) is 0 Å². The van der Waals surface area contributed by atoms with E-state index < -0.39 is 12.2 Å². The highest BCUT2D eigenvalue weighted by molar-refractivity contribution is 5.39. The Hall–Kier alpha value is -2.04. The summed E-state index contributed by atoms with van der Waals surface area (Å²) in [6.45, 7) is -0.298. The third-order valence-electron chi connectivity index (χ3n) is 3.02. The average molecular weight is 274 g/mol. The maximum Gasteiger partial charge on any atom is 0.161 e. The van der Waals surface area contributed by atoms with Crippen molar-refractivity contribution < 1.29 is 19.7 Å². The van der Waals surface area contributed by atoms with Gasteiger partial charge in [0, 0.05) is 0 Å². The largest absolute Gasteiger partial charge is 0.493 e. The van der Waals surface area contributed by atoms with Crippen molar-refractivity contribution in [2.45, 2.75) is 12.2 Å². The van der Waals surface area contributed by atoms with Gasteiger partial charge < -0.3 is 19.7 Å². The fourth-order valence-electron chi connectivity index (χ4n) is 1.95. The Balaban J connectivity index is 2.17. The Bertz CT molecular complexity index is 527. The van der Waals surface area contributed by atoms with Crippen LogP contribution >= 0.6 is 0 Å². The molecule has 0 aromatic heterocycles. The van der Waals surface area contributed by atoms with Gasteiger partial charge >= 0.3 is 0 Å². The Kier molecular flexibility index (Phi) is 4.98. The van der Waals surface area contributed by atoms with E-state index in [1.165, 1.54) is 0 Å². The Morgan fingerprint density at radius 1 is 0.950 bits per heavy atom. The zero-order chi connectivity index (χ0) is 14.4. The highest BCUT2D eigenvalue weighted by Crippen LogP contribution is 2.29. The Labute approximate surface area is 118 Å². The predicted octanol–water partition coefficient (Wildman–Crippen LogP) is 2.17. The highest BCUT2D eigenvalue weighted by atomic mass is 16.5. The van der Waals surface area contributed by atoms with Crippen LogP contribution in [0, 0.1) is 0 Å². The quantitative estimate of drug-likeness (QED) is 0.847. The lowest BCUT2D eigenvalue weighted by atomic mass is 10.0. The molecule has 2 aromatic carbocycles.